The molecular formula is C10H13NO2S. The lowest BCUT2D eigenvalue weighted by Gasteiger charge is -2.06. The van der Waals surface area contributed by atoms with Crippen LogP contribution in [0.25, 0.3) is 0 Å². The van der Waals surface area contributed by atoms with Gasteiger partial charge in [-0.05, 0) is 37.5 Å². The number of hydrogen-bond acceptors (Lipinski definition) is 3. The Hall–Kier alpha value is -1.03. The highest BCUT2D eigenvalue weighted by Crippen LogP contribution is 2.35. The van der Waals surface area contributed by atoms with E-state index in [1.807, 2.05) is 13.0 Å². The van der Waals surface area contributed by atoms with Gasteiger partial charge in [0.2, 0.25) is 0 Å². The standard InChI is InChI=1S/C10H13NO2S/c1-7-2-5-9(11)10(6-7)14(12,13)8-3-4-8/h2,5-6,8H,3-4,11H2,1H3. The van der Waals surface area contributed by atoms with Crippen LogP contribution < -0.4 is 5.73 Å². The number of anilines is 1. The lowest BCUT2D eigenvalue weighted by molar-refractivity contribution is 0.595. The van der Waals surface area contributed by atoms with Gasteiger partial charge in [-0.25, -0.2) is 8.42 Å². The third-order valence-electron chi connectivity index (χ3n) is 2.44. The second-order valence-electron chi connectivity index (χ2n) is 3.79. The molecule has 0 amide bonds. The monoisotopic (exact) mass is 211 g/mol. The first-order valence-electron chi connectivity index (χ1n) is 4.62. The minimum absolute atomic E-state index is 0.188. The van der Waals surface area contributed by atoms with Crippen molar-refractivity contribution in [2.45, 2.75) is 29.9 Å². The van der Waals surface area contributed by atoms with E-state index in [-0.39, 0.29) is 5.25 Å². The average Bonchev–Trinajstić information content (AvgIpc) is 2.91. The van der Waals surface area contributed by atoms with E-state index in [1.54, 1.807) is 12.1 Å². The minimum atomic E-state index is -3.14. The molecule has 76 valence electrons. The molecule has 0 bridgehead atoms. The maximum absolute atomic E-state index is 11.9. The Morgan fingerprint density at radius 1 is 1.36 bits per heavy atom. The van der Waals surface area contributed by atoms with Crippen LogP contribution in [0.15, 0.2) is 23.1 Å². The summed E-state index contributed by atoms with van der Waals surface area (Å²) in [6.07, 6.45) is 1.55. The highest BCUT2D eigenvalue weighted by molar-refractivity contribution is 7.92. The number of nitrogens with two attached hydrogens (primary N) is 1. The van der Waals surface area contributed by atoms with Gasteiger partial charge in [0, 0.05) is 0 Å². The summed E-state index contributed by atoms with van der Waals surface area (Å²) >= 11 is 0. The van der Waals surface area contributed by atoms with Gasteiger partial charge in [-0.2, -0.15) is 0 Å². The van der Waals surface area contributed by atoms with E-state index in [9.17, 15) is 8.42 Å². The summed E-state index contributed by atoms with van der Waals surface area (Å²) in [6, 6.07) is 5.13. The Bertz CT molecular complexity index is 461. The number of sulfone groups is 1. The molecule has 0 aromatic heterocycles. The van der Waals surface area contributed by atoms with Crippen LogP contribution in [-0.2, 0) is 9.84 Å². The van der Waals surface area contributed by atoms with Crippen molar-refractivity contribution in [3.05, 3.63) is 23.8 Å². The normalized spacial score (nSPS) is 16.9. The summed E-state index contributed by atoms with van der Waals surface area (Å²) in [5, 5.41) is -0.188. The molecule has 0 unspecified atom stereocenters. The van der Waals surface area contributed by atoms with E-state index in [2.05, 4.69) is 0 Å². The molecule has 0 atom stereocenters. The van der Waals surface area contributed by atoms with E-state index < -0.39 is 9.84 Å². The highest BCUT2D eigenvalue weighted by atomic mass is 32.2. The van der Waals surface area contributed by atoms with Gasteiger partial charge in [-0.1, -0.05) is 6.07 Å². The Morgan fingerprint density at radius 3 is 2.57 bits per heavy atom. The van der Waals surface area contributed by atoms with Crippen LogP contribution in [0.4, 0.5) is 5.69 Å². The summed E-state index contributed by atoms with van der Waals surface area (Å²) in [5.41, 5.74) is 6.95. The van der Waals surface area contributed by atoms with Crippen LogP contribution in [0, 0.1) is 6.92 Å². The lowest BCUT2D eigenvalue weighted by atomic mass is 10.2. The molecule has 1 saturated carbocycles. The first kappa shape index (κ1) is 9.52. The predicted molar refractivity (Wildman–Crippen MR) is 55.8 cm³/mol. The first-order valence-corrected chi connectivity index (χ1v) is 6.16. The first-order chi connectivity index (χ1) is 6.51. The van der Waals surface area contributed by atoms with Crippen molar-refractivity contribution in [2.75, 3.05) is 5.73 Å². The number of rotatable bonds is 2. The summed E-state index contributed by atoms with van der Waals surface area (Å²) in [7, 11) is -3.14. The fourth-order valence-corrected chi connectivity index (χ4v) is 3.31. The molecule has 3 nitrogen and oxygen atoms in total. The number of benzene rings is 1. The van der Waals surface area contributed by atoms with Gasteiger partial charge in [0.15, 0.2) is 9.84 Å². The van der Waals surface area contributed by atoms with E-state index >= 15 is 0 Å². The zero-order chi connectivity index (χ0) is 10.3. The van der Waals surface area contributed by atoms with Crippen LogP contribution >= 0.6 is 0 Å². The molecule has 0 radical (unpaired) electrons. The zero-order valence-corrected chi connectivity index (χ0v) is 8.84. The molecule has 1 aromatic carbocycles. The molecule has 1 fully saturated rings. The minimum Gasteiger partial charge on any atom is -0.398 e. The second kappa shape index (κ2) is 2.98. The topological polar surface area (TPSA) is 60.2 Å². The van der Waals surface area contributed by atoms with Crippen molar-refractivity contribution in [2.24, 2.45) is 0 Å². The number of hydrogen-bond donors (Lipinski definition) is 1. The summed E-state index contributed by atoms with van der Waals surface area (Å²) in [6.45, 7) is 1.87. The number of aryl methyl sites for hydroxylation is 1. The maximum atomic E-state index is 11.9. The third-order valence-corrected chi connectivity index (χ3v) is 4.75. The molecule has 14 heavy (non-hydrogen) atoms. The fourth-order valence-electron chi connectivity index (χ4n) is 1.45. The van der Waals surface area contributed by atoms with Crippen LogP contribution in [0.5, 0.6) is 0 Å². The SMILES string of the molecule is Cc1ccc(N)c(S(=O)(=O)C2CC2)c1. The summed E-state index contributed by atoms with van der Waals surface area (Å²) in [5.74, 6) is 0. The molecule has 2 N–H and O–H groups in total. The highest BCUT2D eigenvalue weighted by Gasteiger charge is 2.37. The number of nitrogen functional groups attached to an aromatic ring is 1. The van der Waals surface area contributed by atoms with Gasteiger partial charge >= 0.3 is 0 Å². The Labute approximate surface area is 83.9 Å². The van der Waals surface area contributed by atoms with E-state index in [1.165, 1.54) is 0 Å². The fraction of sp³-hybridized carbons (Fsp3) is 0.400. The average molecular weight is 211 g/mol. The second-order valence-corrected chi connectivity index (χ2v) is 5.98. The van der Waals surface area contributed by atoms with Gasteiger partial charge in [0.1, 0.15) is 0 Å². The van der Waals surface area contributed by atoms with Crippen molar-refractivity contribution in [3.63, 3.8) is 0 Å². The van der Waals surface area contributed by atoms with Crippen molar-refractivity contribution >= 4 is 15.5 Å². The molecule has 0 heterocycles. The Morgan fingerprint density at radius 2 is 2.00 bits per heavy atom. The Balaban J connectivity index is 2.55. The summed E-state index contributed by atoms with van der Waals surface area (Å²) < 4.78 is 23.8. The van der Waals surface area contributed by atoms with Crippen molar-refractivity contribution in [1.29, 1.82) is 0 Å². The zero-order valence-electron chi connectivity index (χ0n) is 8.03. The predicted octanol–water partition coefficient (Wildman–Crippen LogP) is 1.51. The molecular weight excluding hydrogens is 198 g/mol. The summed E-state index contributed by atoms with van der Waals surface area (Å²) in [4.78, 5) is 0.306. The van der Waals surface area contributed by atoms with Crippen LogP contribution in [0.3, 0.4) is 0 Å². The van der Waals surface area contributed by atoms with Gasteiger partial charge in [0.25, 0.3) is 0 Å². The lowest BCUT2D eigenvalue weighted by Crippen LogP contribution is -2.10. The largest absolute Gasteiger partial charge is 0.398 e. The van der Waals surface area contributed by atoms with Crippen LogP contribution in [-0.4, -0.2) is 13.7 Å². The van der Waals surface area contributed by atoms with Crippen molar-refractivity contribution in [3.8, 4) is 0 Å². The van der Waals surface area contributed by atoms with Gasteiger partial charge in [0.05, 0.1) is 15.8 Å². The molecule has 0 aliphatic heterocycles. The van der Waals surface area contributed by atoms with E-state index in [0.717, 1.165) is 18.4 Å². The van der Waals surface area contributed by atoms with Gasteiger partial charge in [-0.15, -0.1) is 0 Å². The molecule has 0 saturated heterocycles. The van der Waals surface area contributed by atoms with Crippen molar-refractivity contribution < 1.29 is 8.42 Å². The quantitative estimate of drug-likeness (QED) is 0.754. The molecule has 1 aliphatic carbocycles. The van der Waals surface area contributed by atoms with E-state index in [0.29, 0.717) is 10.6 Å². The van der Waals surface area contributed by atoms with Gasteiger partial charge in [-0.3, -0.25) is 0 Å². The molecule has 2 rings (SSSR count). The maximum Gasteiger partial charge on any atom is 0.183 e. The third kappa shape index (κ3) is 1.50. The smallest absolute Gasteiger partial charge is 0.183 e. The molecule has 4 heteroatoms. The van der Waals surface area contributed by atoms with E-state index in [4.69, 9.17) is 5.73 Å². The molecule has 1 aliphatic rings. The Kier molecular flexibility index (Phi) is 2.03. The van der Waals surface area contributed by atoms with Gasteiger partial charge < -0.3 is 5.73 Å². The molecule has 0 spiro atoms. The van der Waals surface area contributed by atoms with Crippen LogP contribution in [0.1, 0.15) is 18.4 Å². The van der Waals surface area contributed by atoms with Crippen LogP contribution in [0.2, 0.25) is 0 Å². The van der Waals surface area contributed by atoms with Crippen molar-refractivity contribution in [1.82, 2.24) is 0 Å². The molecule has 1 aromatic rings.